The Balaban J connectivity index is 1.64. The second kappa shape index (κ2) is 8.84. The minimum Gasteiger partial charge on any atom is -0.505 e. The number of hydrogen-bond acceptors (Lipinski definition) is 4. The van der Waals surface area contributed by atoms with E-state index < -0.39 is 6.04 Å². The second-order valence-corrected chi connectivity index (χ2v) is 7.17. The van der Waals surface area contributed by atoms with Gasteiger partial charge in [0.05, 0.1) is 6.04 Å². The molecule has 1 aromatic heterocycles. The highest BCUT2D eigenvalue weighted by Gasteiger charge is 2.22. The molecule has 4 aromatic rings. The van der Waals surface area contributed by atoms with Gasteiger partial charge in [0.15, 0.2) is 6.61 Å². The molecule has 1 amide bonds. The summed E-state index contributed by atoms with van der Waals surface area (Å²) >= 11 is 6.03. The van der Waals surface area contributed by atoms with E-state index in [4.69, 9.17) is 16.3 Å². The fraction of sp³-hybridized carbons (Fsp3) is 0.0833. The Kier molecular flexibility index (Phi) is 5.82. The number of nitrogens with zero attached hydrogens (tertiary/aromatic N) is 1. The van der Waals surface area contributed by atoms with Crippen molar-refractivity contribution in [2.24, 2.45) is 0 Å². The molecule has 0 fully saturated rings. The first-order valence-corrected chi connectivity index (χ1v) is 9.79. The molecule has 5 nitrogen and oxygen atoms in total. The smallest absolute Gasteiger partial charge is 0.258 e. The molecule has 4 rings (SSSR count). The van der Waals surface area contributed by atoms with Crippen LogP contribution >= 0.6 is 11.6 Å². The van der Waals surface area contributed by atoms with Crippen molar-refractivity contribution >= 4 is 28.4 Å². The number of halogens is 1. The van der Waals surface area contributed by atoms with E-state index >= 15 is 0 Å². The first kappa shape index (κ1) is 19.7. The van der Waals surface area contributed by atoms with Crippen molar-refractivity contribution in [3.63, 3.8) is 0 Å². The number of hydrogen-bond donors (Lipinski definition) is 2. The number of carbonyl (C=O) groups excluding carboxylic acids is 1. The molecular formula is C24H19ClN2O3. The van der Waals surface area contributed by atoms with Gasteiger partial charge < -0.3 is 15.2 Å². The Morgan fingerprint density at radius 3 is 2.53 bits per heavy atom. The lowest BCUT2D eigenvalue weighted by Crippen LogP contribution is -2.33. The Labute approximate surface area is 178 Å². The van der Waals surface area contributed by atoms with E-state index in [1.54, 1.807) is 42.6 Å². The van der Waals surface area contributed by atoms with Crippen molar-refractivity contribution < 1.29 is 14.6 Å². The van der Waals surface area contributed by atoms with Gasteiger partial charge in [0, 0.05) is 22.2 Å². The number of pyridine rings is 1. The summed E-state index contributed by atoms with van der Waals surface area (Å²) in [7, 11) is 0. The van der Waals surface area contributed by atoms with E-state index in [0.717, 1.165) is 10.9 Å². The van der Waals surface area contributed by atoms with Crippen LogP contribution in [0.1, 0.15) is 17.2 Å². The summed E-state index contributed by atoms with van der Waals surface area (Å²) in [5.41, 5.74) is 1.79. The van der Waals surface area contributed by atoms with Gasteiger partial charge in [-0.2, -0.15) is 0 Å². The molecule has 150 valence electrons. The van der Waals surface area contributed by atoms with Crippen LogP contribution in [0, 0.1) is 0 Å². The predicted octanol–water partition coefficient (Wildman–Crippen LogP) is 4.88. The number of para-hydroxylation sites is 1. The molecule has 0 bridgehead atoms. The number of amides is 1. The normalized spacial score (nSPS) is 11.8. The number of aromatic hydroxyl groups is 1. The zero-order chi connectivity index (χ0) is 20.9. The van der Waals surface area contributed by atoms with Gasteiger partial charge in [0.25, 0.3) is 5.91 Å². The number of aromatic nitrogens is 1. The number of carbonyl (C=O) groups is 1. The number of ether oxygens (including phenoxy) is 1. The number of phenolic OH excluding ortho intramolecular Hbond substituents is 1. The summed E-state index contributed by atoms with van der Waals surface area (Å²) < 4.78 is 5.55. The van der Waals surface area contributed by atoms with Gasteiger partial charge in [-0.25, -0.2) is 0 Å². The largest absolute Gasteiger partial charge is 0.505 e. The lowest BCUT2D eigenvalue weighted by molar-refractivity contribution is -0.123. The number of fused-ring (bicyclic) bond motifs is 1. The molecule has 3 aromatic carbocycles. The van der Waals surface area contributed by atoms with Crippen LogP contribution < -0.4 is 10.1 Å². The molecule has 0 radical (unpaired) electrons. The highest BCUT2D eigenvalue weighted by atomic mass is 35.5. The van der Waals surface area contributed by atoms with Crippen LogP contribution in [0.5, 0.6) is 11.5 Å². The van der Waals surface area contributed by atoms with Crippen LogP contribution in [-0.2, 0) is 4.79 Å². The van der Waals surface area contributed by atoms with Gasteiger partial charge in [0.1, 0.15) is 17.0 Å². The van der Waals surface area contributed by atoms with Crippen molar-refractivity contribution in [3.05, 3.63) is 101 Å². The number of phenols is 1. The quantitative estimate of drug-likeness (QED) is 0.468. The molecule has 0 aliphatic heterocycles. The molecule has 1 heterocycles. The van der Waals surface area contributed by atoms with Crippen LogP contribution in [-0.4, -0.2) is 22.6 Å². The molecular weight excluding hydrogens is 400 g/mol. The van der Waals surface area contributed by atoms with Gasteiger partial charge in [-0.3, -0.25) is 9.78 Å². The molecule has 0 saturated carbocycles. The summed E-state index contributed by atoms with van der Waals surface area (Å²) in [6, 6.07) is 23.0. The Bertz CT molecular complexity index is 1160. The van der Waals surface area contributed by atoms with E-state index in [1.165, 1.54) is 0 Å². The molecule has 0 spiro atoms. The fourth-order valence-electron chi connectivity index (χ4n) is 3.24. The standard InChI is InChI=1S/C24H19ClN2O3/c25-18-11-8-17(9-12-18)22(27-21(28)15-30-19-6-2-1-3-7-19)20-13-10-16-5-4-14-26-23(16)24(20)29/h1-14,22,29H,15H2,(H,27,28). The van der Waals surface area contributed by atoms with E-state index in [0.29, 0.717) is 21.9 Å². The van der Waals surface area contributed by atoms with Gasteiger partial charge in [-0.1, -0.05) is 60.1 Å². The zero-order valence-electron chi connectivity index (χ0n) is 16.0. The monoisotopic (exact) mass is 418 g/mol. The first-order valence-electron chi connectivity index (χ1n) is 9.41. The third-order valence-corrected chi connectivity index (χ3v) is 4.96. The molecule has 30 heavy (non-hydrogen) atoms. The molecule has 1 atom stereocenters. The lowest BCUT2D eigenvalue weighted by atomic mass is 9.96. The van der Waals surface area contributed by atoms with E-state index in [9.17, 15) is 9.90 Å². The maximum Gasteiger partial charge on any atom is 0.258 e. The van der Waals surface area contributed by atoms with Crippen molar-refractivity contribution in [2.75, 3.05) is 6.61 Å². The Morgan fingerprint density at radius 2 is 1.77 bits per heavy atom. The number of nitrogens with one attached hydrogen (secondary N) is 1. The summed E-state index contributed by atoms with van der Waals surface area (Å²) in [5.74, 6) is 0.310. The Hall–Kier alpha value is -3.57. The van der Waals surface area contributed by atoms with E-state index in [1.807, 2.05) is 42.5 Å². The third kappa shape index (κ3) is 4.36. The first-order chi connectivity index (χ1) is 14.6. The Morgan fingerprint density at radius 1 is 1.00 bits per heavy atom. The maximum atomic E-state index is 12.7. The highest BCUT2D eigenvalue weighted by molar-refractivity contribution is 6.30. The van der Waals surface area contributed by atoms with Crippen molar-refractivity contribution in [2.45, 2.75) is 6.04 Å². The molecule has 0 saturated heterocycles. The SMILES string of the molecule is O=C(COc1ccccc1)NC(c1ccc(Cl)cc1)c1ccc2cccnc2c1O. The third-order valence-electron chi connectivity index (χ3n) is 4.71. The van der Waals surface area contributed by atoms with E-state index in [-0.39, 0.29) is 18.3 Å². The molecule has 0 aliphatic carbocycles. The van der Waals surface area contributed by atoms with E-state index in [2.05, 4.69) is 10.3 Å². The van der Waals surface area contributed by atoms with Gasteiger partial charge in [0.2, 0.25) is 0 Å². The molecule has 6 heteroatoms. The lowest BCUT2D eigenvalue weighted by Gasteiger charge is -2.21. The van der Waals surface area contributed by atoms with Crippen molar-refractivity contribution in [1.82, 2.24) is 10.3 Å². The molecule has 1 unspecified atom stereocenters. The maximum absolute atomic E-state index is 12.7. The summed E-state index contributed by atoms with van der Waals surface area (Å²) in [6.07, 6.45) is 1.62. The average molecular weight is 419 g/mol. The number of benzene rings is 3. The topological polar surface area (TPSA) is 71.5 Å². The van der Waals surface area contributed by atoms with Crippen LogP contribution in [0.15, 0.2) is 85.1 Å². The van der Waals surface area contributed by atoms with Crippen LogP contribution in [0.4, 0.5) is 0 Å². The zero-order valence-corrected chi connectivity index (χ0v) is 16.7. The second-order valence-electron chi connectivity index (χ2n) is 6.73. The average Bonchev–Trinajstić information content (AvgIpc) is 2.78. The molecule has 0 aliphatic rings. The van der Waals surface area contributed by atoms with Crippen LogP contribution in [0.2, 0.25) is 5.02 Å². The minimum atomic E-state index is -0.597. The molecule has 2 N–H and O–H groups in total. The number of rotatable bonds is 6. The van der Waals surface area contributed by atoms with Gasteiger partial charge in [-0.15, -0.1) is 0 Å². The summed E-state index contributed by atoms with van der Waals surface area (Å²) in [4.78, 5) is 16.9. The van der Waals surface area contributed by atoms with Crippen LogP contribution in [0.25, 0.3) is 10.9 Å². The minimum absolute atomic E-state index is 0.0253. The predicted molar refractivity (Wildman–Crippen MR) is 117 cm³/mol. The summed E-state index contributed by atoms with van der Waals surface area (Å²) in [6.45, 7) is -0.152. The van der Waals surface area contributed by atoms with Crippen molar-refractivity contribution in [3.8, 4) is 11.5 Å². The van der Waals surface area contributed by atoms with Gasteiger partial charge >= 0.3 is 0 Å². The highest BCUT2D eigenvalue weighted by Crippen LogP contribution is 2.34. The fourth-order valence-corrected chi connectivity index (χ4v) is 3.37. The van der Waals surface area contributed by atoms with Crippen molar-refractivity contribution in [1.29, 1.82) is 0 Å². The summed E-state index contributed by atoms with van der Waals surface area (Å²) in [5, 5.41) is 15.2. The van der Waals surface area contributed by atoms with Gasteiger partial charge in [-0.05, 0) is 35.9 Å². The van der Waals surface area contributed by atoms with Crippen LogP contribution in [0.3, 0.4) is 0 Å².